The number of hydrogen-bond donors (Lipinski definition) is 6. The largest absolute Gasteiger partial charge is 0.466 e. The number of ether oxygens (including phenoxy) is 3. The Hall–Kier alpha value is -2.12. The second-order valence-corrected chi connectivity index (χ2v) is 24.2. The number of esters is 1. The molecular formula is C70H131NO10. The van der Waals surface area contributed by atoms with Crippen LogP contribution in [0.1, 0.15) is 335 Å². The fourth-order valence-electron chi connectivity index (χ4n) is 11.0. The van der Waals surface area contributed by atoms with Gasteiger partial charge in [-0.2, -0.15) is 0 Å². The Morgan fingerprint density at radius 1 is 0.444 bits per heavy atom. The third-order valence-electron chi connectivity index (χ3n) is 16.5. The maximum Gasteiger partial charge on any atom is 0.305 e. The highest BCUT2D eigenvalue weighted by Gasteiger charge is 2.44. The lowest BCUT2D eigenvalue weighted by Gasteiger charge is -2.40. The third-order valence-corrected chi connectivity index (χ3v) is 16.5. The first kappa shape index (κ1) is 76.9. The average molecular weight is 1150 g/mol. The molecule has 0 spiro atoms. The maximum absolute atomic E-state index is 13.0. The molecule has 11 heteroatoms. The summed E-state index contributed by atoms with van der Waals surface area (Å²) in [5, 5.41) is 54.4. The van der Waals surface area contributed by atoms with Crippen LogP contribution in [0.25, 0.3) is 0 Å². The van der Waals surface area contributed by atoms with Gasteiger partial charge >= 0.3 is 5.97 Å². The summed E-state index contributed by atoms with van der Waals surface area (Å²) in [7, 11) is 0. The highest BCUT2D eigenvalue weighted by atomic mass is 16.7. The molecule has 0 bridgehead atoms. The Kier molecular flexibility index (Phi) is 56.6. The molecule has 0 aromatic carbocycles. The molecule has 1 heterocycles. The van der Waals surface area contributed by atoms with Crippen molar-refractivity contribution in [3.05, 3.63) is 36.5 Å². The van der Waals surface area contributed by atoms with Gasteiger partial charge in [-0.3, -0.25) is 9.59 Å². The minimum absolute atomic E-state index is 0.00843. The number of unbranched alkanes of at least 4 members (excludes halogenated alkanes) is 43. The van der Waals surface area contributed by atoms with E-state index in [0.717, 1.165) is 57.8 Å². The average Bonchev–Trinajstić information content (AvgIpc) is 3.46. The van der Waals surface area contributed by atoms with Crippen molar-refractivity contribution in [2.24, 2.45) is 0 Å². The Bertz CT molecular complexity index is 1440. The molecular weight excluding hydrogens is 1010 g/mol. The monoisotopic (exact) mass is 1150 g/mol. The van der Waals surface area contributed by atoms with E-state index in [1.54, 1.807) is 6.08 Å². The van der Waals surface area contributed by atoms with E-state index in [9.17, 15) is 35.1 Å². The Balaban J connectivity index is 1.97. The van der Waals surface area contributed by atoms with Gasteiger partial charge in [-0.15, -0.1) is 0 Å². The number of allylic oxidation sites excluding steroid dienone is 5. The van der Waals surface area contributed by atoms with Crippen LogP contribution in [0.2, 0.25) is 0 Å². The summed E-state index contributed by atoms with van der Waals surface area (Å²) in [4.78, 5) is 25.1. The molecule has 1 rings (SSSR count). The lowest BCUT2D eigenvalue weighted by Crippen LogP contribution is -2.60. The van der Waals surface area contributed by atoms with Crippen molar-refractivity contribution in [2.45, 2.75) is 378 Å². The molecule has 0 saturated carbocycles. The summed E-state index contributed by atoms with van der Waals surface area (Å²) in [6.45, 7) is 4.34. The highest BCUT2D eigenvalue weighted by molar-refractivity contribution is 5.76. The smallest absolute Gasteiger partial charge is 0.305 e. The minimum Gasteiger partial charge on any atom is -0.466 e. The fraction of sp³-hybridized carbons (Fsp3) is 0.886. The zero-order chi connectivity index (χ0) is 58.7. The van der Waals surface area contributed by atoms with Gasteiger partial charge in [-0.25, -0.2) is 0 Å². The van der Waals surface area contributed by atoms with Crippen molar-refractivity contribution < 1.29 is 49.3 Å². The summed E-state index contributed by atoms with van der Waals surface area (Å²) in [6.07, 6.45) is 65.7. The van der Waals surface area contributed by atoms with E-state index in [0.29, 0.717) is 19.4 Å². The Labute approximate surface area is 498 Å². The normalized spacial score (nSPS) is 18.4. The number of amides is 1. The van der Waals surface area contributed by atoms with Crippen LogP contribution in [-0.4, -0.2) is 100 Å². The van der Waals surface area contributed by atoms with Gasteiger partial charge in [0.2, 0.25) is 5.91 Å². The molecule has 6 N–H and O–H groups in total. The summed E-state index contributed by atoms with van der Waals surface area (Å²) >= 11 is 0. The summed E-state index contributed by atoms with van der Waals surface area (Å²) in [5.41, 5.74) is 0. The highest BCUT2D eigenvalue weighted by Crippen LogP contribution is 2.23. The summed E-state index contributed by atoms with van der Waals surface area (Å²) < 4.78 is 16.7. The molecule has 0 aromatic heterocycles. The second kappa shape index (κ2) is 59.6. The number of carbonyl (C=O) groups is 2. The van der Waals surface area contributed by atoms with Gasteiger partial charge < -0.3 is 45.1 Å². The van der Waals surface area contributed by atoms with Crippen LogP contribution in [0.5, 0.6) is 0 Å². The van der Waals surface area contributed by atoms with Crippen LogP contribution in [-0.2, 0) is 23.8 Å². The van der Waals surface area contributed by atoms with Crippen LogP contribution in [0, 0.1) is 0 Å². The third kappa shape index (κ3) is 48.8. The molecule has 1 aliphatic rings. The molecule has 476 valence electrons. The molecule has 0 aliphatic carbocycles. The zero-order valence-corrected chi connectivity index (χ0v) is 52.8. The van der Waals surface area contributed by atoms with Crippen molar-refractivity contribution in [3.8, 4) is 0 Å². The maximum atomic E-state index is 13.0. The van der Waals surface area contributed by atoms with Crippen molar-refractivity contribution in [3.63, 3.8) is 0 Å². The number of carbonyl (C=O) groups excluding carboxylic acids is 2. The predicted molar refractivity (Wildman–Crippen MR) is 338 cm³/mol. The van der Waals surface area contributed by atoms with Crippen molar-refractivity contribution in [2.75, 3.05) is 19.8 Å². The van der Waals surface area contributed by atoms with E-state index in [1.807, 2.05) is 6.08 Å². The molecule has 0 radical (unpaired) electrons. The number of aliphatic hydroxyl groups excluding tert-OH is 5. The van der Waals surface area contributed by atoms with Gasteiger partial charge in [0.05, 0.1) is 32.0 Å². The van der Waals surface area contributed by atoms with Crippen molar-refractivity contribution in [1.29, 1.82) is 0 Å². The van der Waals surface area contributed by atoms with Gasteiger partial charge in [0.25, 0.3) is 0 Å². The lowest BCUT2D eigenvalue weighted by atomic mass is 9.99. The van der Waals surface area contributed by atoms with Gasteiger partial charge in [-0.1, -0.05) is 288 Å². The van der Waals surface area contributed by atoms with E-state index >= 15 is 0 Å². The minimum atomic E-state index is -1.58. The van der Waals surface area contributed by atoms with Crippen LogP contribution < -0.4 is 5.32 Å². The molecule has 0 aromatic rings. The summed E-state index contributed by atoms with van der Waals surface area (Å²) in [5.74, 6) is -0.181. The van der Waals surface area contributed by atoms with E-state index in [-0.39, 0.29) is 18.5 Å². The van der Waals surface area contributed by atoms with E-state index in [2.05, 4.69) is 43.5 Å². The quantitative estimate of drug-likeness (QED) is 0.0195. The first-order chi connectivity index (χ1) is 39.7. The van der Waals surface area contributed by atoms with E-state index in [4.69, 9.17) is 14.2 Å². The molecule has 81 heavy (non-hydrogen) atoms. The number of aliphatic hydroxyl groups is 5. The zero-order valence-electron chi connectivity index (χ0n) is 52.8. The number of nitrogens with one attached hydrogen (secondary N) is 1. The van der Waals surface area contributed by atoms with Crippen molar-refractivity contribution >= 4 is 11.9 Å². The topological polar surface area (TPSA) is 175 Å². The van der Waals surface area contributed by atoms with Gasteiger partial charge in [-0.05, 0) is 70.6 Å². The molecule has 1 aliphatic heterocycles. The predicted octanol–water partition coefficient (Wildman–Crippen LogP) is 17.4. The first-order valence-corrected chi connectivity index (χ1v) is 34.8. The SMILES string of the molecule is CCCCCCCC/C=C/CC/C=C/C(O)C(COC1OC(CO)C(O)C(O)C1O)NC(=O)CCCCCCCCCCCCCCCC/C=C\CCCCCCCCCCCCCCOC(=O)CCCCCCCCCCCCC. The van der Waals surface area contributed by atoms with Crippen LogP contribution in [0.3, 0.4) is 0 Å². The molecule has 1 fully saturated rings. The van der Waals surface area contributed by atoms with Gasteiger partial charge in [0, 0.05) is 12.8 Å². The Morgan fingerprint density at radius 3 is 1.22 bits per heavy atom. The van der Waals surface area contributed by atoms with E-state index < -0.39 is 49.5 Å². The van der Waals surface area contributed by atoms with Crippen LogP contribution in [0.4, 0.5) is 0 Å². The van der Waals surface area contributed by atoms with Crippen LogP contribution >= 0.6 is 0 Å². The number of rotatable bonds is 61. The van der Waals surface area contributed by atoms with Crippen molar-refractivity contribution in [1.82, 2.24) is 5.32 Å². The number of hydrogen-bond acceptors (Lipinski definition) is 10. The van der Waals surface area contributed by atoms with Gasteiger partial charge in [0.15, 0.2) is 6.29 Å². The Morgan fingerprint density at radius 2 is 0.802 bits per heavy atom. The standard InChI is InChI=1S/C70H131NO10/c1-3-5-7-9-11-13-15-37-40-44-48-52-56-63(73)62(61-80-70-69(78)68(77)67(76)64(60-72)81-70)71-65(74)57-53-49-45-41-38-34-32-30-28-26-24-22-20-18-16-17-19-21-23-25-27-29-31-33-35-39-43-47-51-55-59-79-66(75)58-54-50-46-42-36-14-12-10-8-6-4-2/h17,19,37,40,52,56,62-64,67-70,72-73,76-78H,3-16,18,20-36,38-39,41-51,53-55,57-61H2,1-2H3,(H,71,74)/b19-17-,40-37+,56-52+. The molecule has 1 amide bonds. The second-order valence-electron chi connectivity index (χ2n) is 24.2. The van der Waals surface area contributed by atoms with Gasteiger partial charge in [0.1, 0.15) is 24.4 Å². The first-order valence-electron chi connectivity index (χ1n) is 34.8. The van der Waals surface area contributed by atoms with E-state index in [1.165, 1.54) is 250 Å². The summed E-state index contributed by atoms with van der Waals surface area (Å²) in [6, 6.07) is -0.826. The molecule has 7 unspecified atom stereocenters. The lowest BCUT2D eigenvalue weighted by molar-refractivity contribution is -0.302. The molecule has 11 nitrogen and oxygen atoms in total. The molecule has 1 saturated heterocycles. The van der Waals surface area contributed by atoms with Crippen LogP contribution in [0.15, 0.2) is 36.5 Å². The molecule has 7 atom stereocenters. The fourth-order valence-corrected chi connectivity index (χ4v) is 11.0.